The number of amides is 2. The Morgan fingerprint density at radius 1 is 1.38 bits per heavy atom. The third-order valence-corrected chi connectivity index (χ3v) is 3.14. The van der Waals surface area contributed by atoms with Crippen LogP contribution in [0, 0.1) is 0 Å². The number of carbonyl (C=O) groups is 2. The van der Waals surface area contributed by atoms with Crippen molar-refractivity contribution in [2.75, 3.05) is 12.4 Å². The Kier molecular flexibility index (Phi) is 5.84. The lowest BCUT2D eigenvalue weighted by molar-refractivity contribution is -0.137. The summed E-state index contributed by atoms with van der Waals surface area (Å²) in [6.45, 7) is 3.52. The van der Waals surface area contributed by atoms with E-state index in [0.29, 0.717) is 22.9 Å². The molecule has 0 spiro atoms. The Labute approximate surface area is 128 Å². The van der Waals surface area contributed by atoms with Crippen LogP contribution in [0.5, 0.6) is 5.75 Å². The van der Waals surface area contributed by atoms with Gasteiger partial charge in [0.1, 0.15) is 5.75 Å². The van der Waals surface area contributed by atoms with Gasteiger partial charge in [0.25, 0.3) is 0 Å². The zero-order valence-corrected chi connectivity index (χ0v) is 13.0. The second-order valence-electron chi connectivity index (χ2n) is 5.21. The fourth-order valence-electron chi connectivity index (χ4n) is 1.69. The van der Waals surface area contributed by atoms with Gasteiger partial charge in [-0.15, -0.1) is 0 Å². The van der Waals surface area contributed by atoms with Gasteiger partial charge in [0.15, 0.2) is 0 Å². The molecule has 0 radical (unpaired) electrons. The highest BCUT2D eigenvalue weighted by Crippen LogP contribution is 2.27. The molecule has 0 aromatic heterocycles. The summed E-state index contributed by atoms with van der Waals surface area (Å²) in [7, 11) is 1.49. The van der Waals surface area contributed by atoms with Gasteiger partial charge in [-0.2, -0.15) is 0 Å². The highest BCUT2D eigenvalue weighted by molar-refractivity contribution is 6.32. The van der Waals surface area contributed by atoms with Gasteiger partial charge in [-0.1, -0.05) is 11.6 Å². The number of methoxy groups -OCH3 is 1. The number of urea groups is 1. The number of anilines is 1. The molecule has 21 heavy (non-hydrogen) atoms. The van der Waals surface area contributed by atoms with Crippen LogP contribution in [-0.2, 0) is 4.79 Å². The van der Waals surface area contributed by atoms with Crippen LogP contribution in [0.15, 0.2) is 18.2 Å². The monoisotopic (exact) mass is 314 g/mol. The van der Waals surface area contributed by atoms with Crippen LogP contribution < -0.4 is 15.4 Å². The lowest BCUT2D eigenvalue weighted by Crippen LogP contribution is -2.45. The molecule has 0 atom stereocenters. The number of halogens is 1. The highest BCUT2D eigenvalue weighted by atomic mass is 35.5. The number of ether oxygens (including phenoxy) is 1. The lowest BCUT2D eigenvalue weighted by atomic mass is 9.99. The molecule has 1 aromatic rings. The molecule has 0 fully saturated rings. The number of carbonyl (C=O) groups excluding carboxylic acids is 1. The fraction of sp³-hybridized carbons (Fsp3) is 0.429. The van der Waals surface area contributed by atoms with E-state index in [2.05, 4.69) is 10.6 Å². The first kappa shape index (κ1) is 17.1. The first-order valence-corrected chi connectivity index (χ1v) is 6.76. The Morgan fingerprint density at radius 2 is 2.05 bits per heavy atom. The molecule has 3 N–H and O–H groups in total. The molecule has 1 rings (SSSR count). The molecule has 7 heteroatoms. The van der Waals surface area contributed by atoms with Gasteiger partial charge in [0, 0.05) is 23.7 Å². The van der Waals surface area contributed by atoms with E-state index in [1.54, 1.807) is 32.0 Å². The van der Waals surface area contributed by atoms with E-state index in [1.165, 1.54) is 7.11 Å². The summed E-state index contributed by atoms with van der Waals surface area (Å²) in [5.41, 5.74) is -0.0957. The molecular formula is C14H19ClN2O4. The van der Waals surface area contributed by atoms with Crippen molar-refractivity contribution >= 4 is 29.3 Å². The molecule has 116 valence electrons. The van der Waals surface area contributed by atoms with E-state index in [0.717, 1.165) is 0 Å². The van der Waals surface area contributed by atoms with Crippen molar-refractivity contribution in [3.63, 3.8) is 0 Å². The molecular weight excluding hydrogens is 296 g/mol. The van der Waals surface area contributed by atoms with Crippen molar-refractivity contribution in [1.82, 2.24) is 5.32 Å². The smallest absolute Gasteiger partial charge is 0.319 e. The van der Waals surface area contributed by atoms with E-state index in [4.69, 9.17) is 21.4 Å². The van der Waals surface area contributed by atoms with Crippen LogP contribution >= 0.6 is 11.6 Å². The second kappa shape index (κ2) is 7.17. The molecule has 0 aliphatic heterocycles. The first-order chi connectivity index (χ1) is 9.73. The number of carboxylic acids is 1. The number of carboxylic acid groups (broad SMARTS) is 1. The number of nitrogens with one attached hydrogen (secondary N) is 2. The standard InChI is InChI=1S/C14H19ClN2O4/c1-14(2,7-6-12(18)19)17-13(20)16-9-4-5-10(15)11(8-9)21-3/h4-5,8H,6-7H2,1-3H3,(H,18,19)(H2,16,17,20). The molecule has 0 aliphatic rings. The van der Waals surface area contributed by atoms with Crippen molar-refractivity contribution in [2.24, 2.45) is 0 Å². The molecule has 2 amide bonds. The number of benzene rings is 1. The summed E-state index contributed by atoms with van der Waals surface area (Å²) in [5.74, 6) is -0.438. The minimum Gasteiger partial charge on any atom is -0.495 e. The Morgan fingerprint density at radius 3 is 2.62 bits per heavy atom. The quantitative estimate of drug-likeness (QED) is 0.753. The minimum absolute atomic E-state index is 0.0119. The van der Waals surface area contributed by atoms with Crippen molar-refractivity contribution in [3.8, 4) is 5.75 Å². The highest BCUT2D eigenvalue weighted by Gasteiger charge is 2.21. The number of hydrogen-bond acceptors (Lipinski definition) is 3. The fourth-order valence-corrected chi connectivity index (χ4v) is 1.88. The van der Waals surface area contributed by atoms with Crippen molar-refractivity contribution < 1.29 is 19.4 Å². The maximum Gasteiger partial charge on any atom is 0.319 e. The van der Waals surface area contributed by atoms with E-state index in [9.17, 15) is 9.59 Å². The lowest BCUT2D eigenvalue weighted by Gasteiger charge is -2.25. The van der Waals surface area contributed by atoms with Gasteiger partial charge in [-0.3, -0.25) is 4.79 Å². The van der Waals surface area contributed by atoms with Crippen LogP contribution in [-0.4, -0.2) is 29.8 Å². The zero-order valence-electron chi connectivity index (χ0n) is 12.2. The largest absolute Gasteiger partial charge is 0.495 e. The first-order valence-electron chi connectivity index (χ1n) is 6.38. The van der Waals surface area contributed by atoms with Gasteiger partial charge in [0.2, 0.25) is 0 Å². The number of hydrogen-bond donors (Lipinski definition) is 3. The summed E-state index contributed by atoms with van der Waals surface area (Å²) >= 11 is 5.90. The normalized spacial score (nSPS) is 10.9. The molecule has 6 nitrogen and oxygen atoms in total. The average Bonchev–Trinajstić information content (AvgIpc) is 2.38. The van der Waals surface area contributed by atoms with Crippen molar-refractivity contribution in [3.05, 3.63) is 23.2 Å². The molecule has 0 bridgehead atoms. The maximum atomic E-state index is 11.9. The third kappa shape index (κ3) is 5.91. The van der Waals surface area contributed by atoms with E-state index < -0.39 is 17.5 Å². The van der Waals surface area contributed by atoms with Crippen molar-refractivity contribution in [1.29, 1.82) is 0 Å². The van der Waals surface area contributed by atoms with Crippen LogP contribution in [0.4, 0.5) is 10.5 Å². The molecule has 0 heterocycles. The van der Waals surface area contributed by atoms with Gasteiger partial charge >= 0.3 is 12.0 Å². The Bertz CT molecular complexity index is 532. The summed E-state index contributed by atoms with van der Waals surface area (Å²) in [4.78, 5) is 22.5. The van der Waals surface area contributed by atoms with Crippen LogP contribution in [0.3, 0.4) is 0 Å². The van der Waals surface area contributed by atoms with E-state index in [1.807, 2.05) is 0 Å². The van der Waals surface area contributed by atoms with Crippen LogP contribution in [0.25, 0.3) is 0 Å². The van der Waals surface area contributed by atoms with Crippen molar-refractivity contribution in [2.45, 2.75) is 32.2 Å². The van der Waals surface area contributed by atoms with E-state index in [-0.39, 0.29) is 6.42 Å². The summed E-state index contributed by atoms with van der Waals surface area (Å²) in [6, 6.07) is 4.45. The van der Waals surface area contributed by atoms with Gasteiger partial charge in [-0.05, 0) is 32.4 Å². The third-order valence-electron chi connectivity index (χ3n) is 2.82. The second-order valence-corrected chi connectivity index (χ2v) is 5.61. The zero-order chi connectivity index (χ0) is 16.0. The summed E-state index contributed by atoms with van der Waals surface area (Å²) in [5, 5.41) is 14.5. The molecule has 1 aromatic carbocycles. The summed E-state index contributed by atoms with van der Waals surface area (Å²) < 4.78 is 5.06. The Balaban J connectivity index is 2.62. The average molecular weight is 315 g/mol. The molecule has 0 unspecified atom stereocenters. The number of aliphatic carboxylic acids is 1. The minimum atomic E-state index is -0.896. The van der Waals surface area contributed by atoms with Crippen LogP contribution in [0.2, 0.25) is 5.02 Å². The molecule has 0 aliphatic carbocycles. The van der Waals surface area contributed by atoms with Gasteiger partial charge in [0.05, 0.1) is 12.1 Å². The SMILES string of the molecule is COc1cc(NC(=O)NC(C)(C)CCC(=O)O)ccc1Cl. The molecule has 0 saturated carbocycles. The Hall–Kier alpha value is -1.95. The molecule has 0 saturated heterocycles. The predicted molar refractivity (Wildman–Crippen MR) is 81.1 cm³/mol. The number of rotatable bonds is 6. The predicted octanol–water partition coefficient (Wildman–Crippen LogP) is 3.11. The van der Waals surface area contributed by atoms with Gasteiger partial charge in [-0.25, -0.2) is 4.79 Å². The van der Waals surface area contributed by atoms with Gasteiger partial charge < -0.3 is 20.5 Å². The summed E-state index contributed by atoms with van der Waals surface area (Å²) in [6.07, 6.45) is 0.321. The van der Waals surface area contributed by atoms with E-state index >= 15 is 0 Å². The van der Waals surface area contributed by atoms with Crippen LogP contribution in [0.1, 0.15) is 26.7 Å². The topological polar surface area (TPSA) is 87.7 Å². The maximum absolute atomic E-state index is 11.9.